The molecule has 224 valence electrons. The molecule has 3 atom stereocenters. The predicted octanol–water partition coefficient (Wildman–Crippen LogP) is 7.63. The van der Waals surface area contributed by atoms with Gasteiger partial charge in [-0.1, -0.05) is 46.6 Å². The Bertz CT molecular complexity index is 1030. The van der Waals surface area contributed by atoms with Crippen molar-refractivity contribution in [3.63, 3.8) is 0 Å². The van der Waals surface area contributed by atoms with Gasteiger partial charge in [-0.15, -0.1) is 0 Å². The summed E-state index contributed by atoms with van der Waals surface area (Å²) in [5.41, 5.74) is 4.64. The standard InChI is InChI=1S/C29H51NO7P2/c1-23(2)13-10-16-25(5)15-8-9-19-28(31)30-27(21-37-39(35,36)22-38(32,33)34)29(30,7)20-12-18-26(6)17-11-14-24(3)4/h13-15,18,27H,8-12,16-17,19-22H2,1-7H3,(H,35,36)(H2,32,33,34)/b25-15+,26-18+/t27-,29-,30?/m0/s1. The molecule has 1 amide bonds. The molecule has 0 aromatic rings. The summed E-state index contributed by atoms with van der Waals surface area (Å²) in [7, 11) is -9.20. The summed E-state index contributed by atoms with van der Waals surface area (Å²) in [6.07, 6.45) is 16.0. The lowest BCUT2D eigenvalue weighted by Crippen LogP contribution is -2.20. The maximum atomic E-state index is 13.1. The van der Waals surface area contributed by atoms with Crippen LogP contribution in [0.3, 0.4) is 0 Å². The quantitative estimate of drug-likeness (QED) is 0.0652. The number of amides is 1. The van der Waals surface area contributed by atoms with Crippen molar-refractivity contribution in [3.8, 4) is 0 Å². The van der Waals surface area contributed by atoms with Crippen LogP contribution < -0.4 is 0 Å². The summed E-state index contributed by atoms with van der Waals surface area (Å²) >= 11 is 0. The Balaban J connectivity index is 2.78. The highest BCUT2D eigenvalue weighted by Gasteiger charge is 2.61. The van der Waals surface area contributed by atoms with Crippen LogP contribution in [0, 0.1) is 0 Å². The first-order chi connectivity index (χ1) is 18.0. The second-order valence-corrected chi connectivity index (χ2v) is 15.5. The van der Waals surface area contributed by atoms with E-state index in [0.717, 1.165) is 38.5 Å². The van der Waals surface area contributed by atoms with E-state index < -0.39 is 32.7 Å². The zero-order valence-corrected chi connectivity index (χ0v) is 26.8. The van der Waals surface area contributed by atoms with E-state index in [2.05, 4.69) is 65.8 Å². The Morgan fingerprint density at radius 2 is 1.33 bits per heavy atom. The SMILES string of the molecule is CC(C)=CCC/C(C)=C/CCCC(=O)N1[C@@H](COP(=O)(O)CP(=O)(O)O)[C@]1(C)CC/C=C(\C)CCC=C(C)C. The number of allylic oxidation sites excluding steroid dienone is 8. The first-order valence-electron chi connectivity index (χ1n) is 13.9. The molecule has 0 aromatic carbocycles. The van der Waals surface area contributed by atoms with Gasteiger partial charge in [0, 0.05) is 6.42 Å². The van der Waals surface area contributed by atoms with Crippen LogP contribution in [0.25, 0.3) is 0 Å². The zero-order valence-electron chi connectivity index (χ0n) is 25.0. The summed E-state index contributed by atoms with van der Waals surface area (Å²) < 4.78 is 28.5. The predicted molar refractivity (Wildman–Crippen MR) is 160 cm³/mol. The van der Waals surface area contributed by atoms with Crippen molar-refractivity contribution >= 4 is 21.1 Å². The average Bonchev–Trinajstić information content (AvgIpc) is 3.36. The first-order valence-corrected chi connectivity index (χ1v) is 17.4. The second kappa shape index (κ2) is 16.2. The molecular weight excluding hydrogens is 536 g/mol. The van der Waals surface area contributed by atoms with Gasteiger partial charge >= 0.3 is 15.2 Å². The molecule has 1 aliphatic heterocycles. The normalized spacial score (nSPS) is 21.4. The van der Waals surface area contributed by atoms with E-state index in [1.807, 2.05) is 6.92 Å². The summed E-state index contributed by atoms with van der Waals surface area (Å²) in [6, 6.07) is -0.414. The van der Waals surface area contributed by atoms with E-state index in [1.165, 1.54) is 22.3 Å². The number of carbonyl (C=O) groups excluding carboxylic acids is 1. The molecule has 1 aliphatic rings. The van der Waals surface area contributed by atoms with Crippen molar-refractivity contribution in [2.75, 3.05) is 12.5 Å². The highest BCUT2D eigenvalue weighted by atomic mass is 31.2. The Labute approximate surface area is 236 Å². The van der Waals surface area contributed by atoms with Gasteiger partial charge in [-0.3, -0.25) is 13.9 Å². The number of nitrogens with zero attached hydrogens (tertiary/aromatic N) is 1. The lowest BCUT2D eigenvalue weighted by atomic mass is 9.99. The maximum absolute atomic E-state index is 13.1. The van der Waals surface area contributed by atoms with Gasteiger partial charge in [0.1, 0.15) is 0 Å². The van der Waals surface area contributed by atoms with Gasteiger partial charge < -0.3 is 24.1 Å². The van der Waals surface area contributed by atoms with E-state index >= 15 is 0 Å². The summed E-state index contributed by atoms with van der Waals surface area (Å²) in [4.78, 5) is 43.0. The maximum Gasteiger partial charge on any atom is 0.340 e. The second-order valence-electron chi connectivity index (χ2n) is 11.5. The van der Waals surface area contributed by atoms with Gasteiger partial charge in [0.05, 0.1) is 18.2 Å². The fourth-order valence-corrected chi connectivity index (χ4v) is 7.24. The molecule has 0 aliphatic carbocycles. The smallest absolute Gasteiger partial charge is 0.327 e. The Kier molecular flexibility index (Phi) is 14.9. The zero-order chi connectivity index (χ0) is 29.9. The minimum absolute atomic E-state index is 0.0336. The fourth-order valence-electron chi connectivity index (χ4n) is 4.68. The van der Waals surface area contributed by atoms with Crippen molar-refractivity contribution in [3.05, 3.63) is 46.6 Å². The molecule has 0 radical (unpaired) electrons. The number of hydrogen-bond acceptors (Lipinski definition) is 4. The summed E-state index contributed by atoms with van der Waals surface area (Å²) in [5, 5.41) is 0. The van der Waals surface area contributed by atoms with Crippen molar-refractivity contribution < 1.29 is 33.1 Å². The van der Waals surface area contributed by atoms with Crippen LogP contribution in [0.5, 0.6) is 0 Å². The van der Waals surface area contributed by atoms with E-state index in [4.69, 9.17) is 14.3 Å². The van der Waals surface area contributed by atoms with Gasteiger partial charge in [-0.2, -0.15) is 0 Å². The molecule has 1 rings (SSSR count). The number of carbonyl (C=O) groups is 1. The van der Waals surface area contributed by atoms with Crippen LogP contribution in [0.2, 0.25) is 0 Å². The molecule has 1 unspecified atom stereocenters. The molecular formula is C29H51NO7P2. The van der Waals surface area contributed by atoms with Crippen LogP contribution in [0.1, 0.15) is 106 Å². The molecule has 1 heterocycles. The molecule has 39 heavy (non-hydrogen) atoms. The molecule has 1 saturated heterocycles. The monoisotopic (exact) mass is 587 g/mol. The Morgan fingerprint density at radius 3 is 1.82 bits per heavy atom. The van der Waals surface area contributed by atoms with Crippen LogP contribution in [-0.4, -0.2) is 49.6 Å². The molecule has 8 nitrogen and oxygen atoms in total. The molecule has 10 heteroatoms. The molecule has 0 bridgehead atoms. The largest absolute Gasteiger partial charge is 0.340 e. The van der Waals surface area contributed by atoms with Crippen molar-refractivity contribution in [1.82, 2.24) is 4.90 Å². The minimum atomic E-state index is -4.72. The molecule has 0 saturated carbocycles. The third-order valence-electron chi connectivity index (χ3n) is 6.99. The molecule has 1 fully saturated rings. The molecule has 3 N–H and O–H groups in total. The van der Waals surface area contributed by atoms with Crippen LogP contribution in [-0.2, 0) is 18.4 Å². The molecule has 0 aromatic heterocycles. The summed E-state index contributed by atoms with van der Waals surface area (Å²) in [6.45, 7) is 14.2. The van der Waals surface area contributed by atoms with Gasteiger partial charge in [0.15, 0.2) is 5.90 Å². The van der Waals surface area contributed by atoms with Crippen LogP contribution >= 0.6 is 15.2 Å². The third-order valence-corrected chi connectivity index (χ3v) is 10.4. The Morgan fingerprint density at radius 1 is 0.821 bits per heavy atom. The number of unbranched alkanes of at least 4 members (excludes halogenated alkanes) is 1. The van der Waals surface area contributed by atoms with Gasteiger partial charge in [0.25, 0.3) is 0 Å². The van der Waals surface area contributed by atoms with Crippen molar-refractivity contribution in [1.29, 1.82) is 0 Å². The topological polar surface area (TPSA) is 124 Å². The van der Waals surface area contributed by atoms with Crippen LogP contribution in [0.15, 0.2) is 46.6 Å². The third kappa shape index (κ3) is 14.8. The van der Waals surface area contributed by atoms with E-state index in [9.17, 15) is 18.8 Å². The lowest BCUT2D eigenvalue weighted by Gasteiger charge is -2.13. The fraction of sp³-hybridized carbons (Fsp3) is 0.690. The van der Waals surface area contributed by atoms with Gasteiger partial charge in [-0.25, -0.2) is 0 Å². The first kappa shape index (κ1) is 35.8. The lowest BCUT2D eigenvalue weighted by molar-refractivity contribution is -0.127. The van der Waals surface area contributed by atoms with Crippen molar-refractivity contribution in [2.24, 2.45) is 0 Å². The van der Waals surface area contributed by atoms with E-state index in [-0.39, 0.29) is 12.5 Å². The number of hydrogen-bond donors (Lipinski definition) is 3. The highest BCUT2D eigenvalue weighted by Crippen LogP contribution is 2.57. The highest BCUT2D eigenvalue weighted by molar-refractivity contribution is 7.70. The summed E-state index contributed by atoms with van der Waals surface area (Å²) in [5.74, 6) is -1.27. The minimum Gasteiger partial charge on any atom is -0.327 e. The molecule has 0 spiro atoms. The van der Waals surface area contributed by atoms with E-state index in [0.29, 0.717) is 19.3 Å². The number of rotatable bonds is 18. The van der Waals surface area contributed by atoms with Crippen LogP contribution in [0.4, 0.5) is 0 Å². The average molecular weight is 588 g/mol. The van der Waals surface area contributed by atoms with Gasteiger partial charge in [0.2, 0.25) is 5.91 Å². The van der Waals surface area contributed by atoms with Crippen molar-refractivity contribution in [2.45, 2.75) is 118 Å². The Hall–Kier alpha value is -1.27. The van der Waals surface area contributed by atoms with Gasteiger partial charge in [-0.05, 0) is 99.8 Å². The van der Waals surface area contributed by atoms with E-state index in [1.54, 1.807) is 4.90 Å².